The first kappa shape index (κ1) is 20.8. The smallest absolute Gasteiger partial charge is 0.228 e. The lowest BCUT2D eigenvalue weighted by Crippen LogP contribution is -2.33. The molecule has 3 aromatic rings. The third-order valence-corrected chi connectivity index (χ3v) is 8.02. The van der Waals surface area contributed by atoms with E-state index in [0.29, 0.717) is 11.8 Å². The average Bonchev–Trinajstić information content (AvgIpc) is 3.25. The summed E-state index contributed by atoms with van der Waals surface area (Å²) < 4.78 is 18.2. The fourth-order valence-corrected chi connectivity index (χ4v) is 6.08. The van der Waals surface area contributed by atoms with Crippen molar-refractivity contribution in [1.29, 1.82) is 0 Å². The number of hydrogen-bond acceptors (Lipinski definition) is 8. The Morgan fingerprint density at radius 3 is 2.76 bits per heavy atom. The molecule has 6 rings (SSSR count). The molecule has 1 atom stereocenters. The minimum atomic E-state index is -1.03. The summed E-state index contributed by atoms with van der Waals surface area (Å²) in [6, 6.07) is 8.58. The Labute approximate surface area is 196 Å². The SMILES string of the molecule is [O-][S@+]1CCc2nc(N3CCc4cc(-c5ncccn5)ccc4C3)nc(NC3CCOCC3)c21. The van der Waals surface area contributed by atoms with E-state index in [1.807, 2.05) is 6.07 Å². The first-order valence-corrected chi connectivity index (χ1v) is 12.8. The molecule has 5 heterocycles. The lowest BCUT2D eigenvalue weighted by molar-refractivity contribution is 0.0903. The van der Waals surface area contributed by atoms with E-state index in [9.17, 15) is 4.55 Å². The van der Waals surface area contributed by atoms with Gasteiger partial charge in [-0.1, -0.05) is 12.1 Å². The number of aromatic nitrogens is 4. The van der Waals surface area contributed by atoms with E-state index in [4.69, 9.17) is 14.7 Å². The van der Waals surface area contributed by atoms with Gasteiger partial charge in [0.05, 0.1) is 0 Å². The number of aryl methyl sites for hydroxylation is 1. The number of ether oxygens (including phenoxy) is 1. The van der Waals surface area contributed by atoms with E-state index in [1.165, 1.54) is 11.1 Å². The second-order valence-electron chi connectivity index (χ2n) is 8.71. The van der Waals surface area contributed by atoms with Crippen LogP contribution in [0.15, 0.2) is 41.6 Å². The topological polar surface area (TPSA) is 99.1 Å². The van der Waals surface area contributed by atoms with Gasteiger partial charge in [0.2, 0.25) is 10.8 Å². The average molecular weight is 463 g/mol. The summed E-state index contributed by atoms with van der Waals surface area (Å²) in [7, 11) is 0. The molecule has 0 bridgehead atoms. The summed E-state index contributed by atoms with van der Waals surface area (Å²) in [5.74, 6) is 2.85. The molecule has 0 amide bonds. The third-order valence-electron chi connectivity index (χ3n) is 6.56. The summed E-state index contributed by atoms with van der Waals surface area (Å²) in [5, 5.41) is 3.57. The zero-order chi connectivity index (χ0) is 22.2. The summed E-state index contributed by atoms with van der Waals surface area (Å²) in [5.41, 5.74) is 4.56. The minimum absolute atomic E-state index is 0.295. The molecular formula is C24H26N6O2S. The Balaban J connectivity index is 1.27. The maximum absolute atomic E-state index is 12.7. The zero-order valence-corrected chi connectivity index (χ0v) is 19.2. The standard InChI is InChI=1S/C24H26N6O2S/c31-33-13-7-20-21(33)23(27-19-5-11-32-12-6-19)29-24(28-20)30-10-4-16-14-17(2-3-18(16)15-30)22-25-8-1-9-26-22/h1-3,8-9,14,19H,4-7,10-13,15H2,(H,27,28,29)/t33-/m1/s1. The molecule has 170 valence electrons. The van der Waals surface area contributed by atoms with E-state index in [1.54, 1.807) is 12.4 Å². The van der Waals surface area contributed by atoms with Crippen LogP contribution in [-0.4, -0.2) is 56.0 Å². The molecule has 2 aromatic heterocycles. The summed E-state index contributed by atoms with van der Waals surface area (Å²) >= 11 is -1.03. The molecule has 3 aliphatic heterocycles. The van der Waals surface area contributed by atoms with Crippen LogP contribution >= 0.6 is 0 Å². The zero-order valence-electron chi connectivity index (χ0n) is 18.4. The Bertz CT molecular complexity index is 1160. The molecule has 0 unspecified atom stereocenters. The van der Waals surface area contributed by atoms with E-state index < -0.39 is 11.2 Å². The van der Waals surface area contributed by atoms with Gasteiger partial charge in [0.25, 0.3) is 0 Å². The van der Waals surface area contributed by atoms with Gasteiger partial charge in [-0.05, 0) is 53.7 Å². The number of rotatable bonds is 4. The molecule has 0 spiro atoms. The molecule has 1 saturated heterocycles. The maximum Gasteiger partial charge on any atom is 0.228 e. The van der Waals surface area contributed by atoms with Crippen LogP contribution in [0, 0.1) is 0 Å². The summed E-state index contributed by atoms with van der Waals surface area (Å²) in [4.78, 5) is 21.5. The van der Waals surface area contributed by atoms with Crippen molar-refractivity contribution >= 4 is 22.9 Å². The predicted octanol–water partition coefficient (Wildman–Crippen LogP) is 2.75. The van der Waals surface area contributed by atoms with E-state index >= 15 is 0 Å². The minimum Gasteiger partial charge on any atom is -0.611 e. The second-order valence-corrected chi connectivity index (χ2v) is 10.2. The van der Waals surface area contributed by atoms with Gasteiger partial charge >= 0.3 is 0 Å². The van der Waals surface area contributed by atoms with E-state index in [2.05, 4.69) is 38.4 Å². The number of hydrogen-bond donors (Lipinski definition) is 1. The highest BCUT2D eigenvalue weighted by molar-refractivity contribution is 7.91. The molecular weight excluding hydrogens is 436 g/mol. The van der Waals surface area contributed by atoms with Crippen molar-refractivity contribution in [2.24, 2.45) is 0 Å². The molecule has 1 aromatic carbocycles. The Morgan fingerprint density at radius 2 is 1.91 bits per heavy atom. The molecule has 0 saturated carbocycles. The van der Waals surface area contributed by atoms with Gasteiger partial charge in [0.15, 0.2) is 11.6 Å². The van der Waals surface area contributed by atoms with Gasteiger partial charge in [0, 0.05) is 56.7 Å². The summed E-state index contributed by atoms with van der Waals surface area (Å²) in [6.45, 7) is 3.09. The van der Waals surface area contributed by atoms with Gasteiger partial charge in [-0.25, -0.2) is 15.0 Å². The van der Waals surface area contributed by atoms with Crippen molar-refractivity contribution in [3.63, 3.8) is 0 Å². The number of nitrogens with one attached hydrogen (secondary N) is 1. The van der Waals surface area contributed by atoms with Crippen molar-refractivity contribution in [2.45, 2.75) is 43.2 Å². The van der Waals surface area contributed by atoms with Crippen molar-refractivity contribution < 1.29 is 9.29 Å². The van der Waals surface area contributed by atoms with Crippen LogP contribution < -0.4 is 10.2 Å². The number of benzene rings is 1. The van der Waals surface area contributed by atoms with Crippen LogP contribution in [-0.2, 0) is 35.3 Å². The van der Waals surface area contributed by atoms with Crippen molar-refractivity contribution in [3.8, 4) is 11.4 Å². The van der Waals surface area contributed by atoms with E-state index in [-0.39, 0.29) is 0 Å². The number of nitrogens with zero attached hydrogens (tertiary/aromatic N) is 5. The molecule has 3 aliphatic rings. The Morgan fingerprint density at radius 1 is 1.06 bits per heavy atom. The summed E-state index contributed by atoms with van der Waals surface area (Å²) in [6.07, 6.45) is 7.06. The van der Waals surface area contributed by atoms with Gasteiger partial charge in [0.1, 0.15) is 11.4 Å². The van der Waals surface area contributed by atoms with Crippen LogP contribution in [0.2, 0.25) is 0 Å². The van der Waals surface area contributed by atoms with Gasteiger partial charge in [-0.15, -0.1) is 0 Å². The van der Waals surface area contributed by atoms with Crippen molar-refractivity contribution in [3.05, 3.63) is 53.5 Å². The molecule has 33 heavy (non-hydrogen) atoms. The largest absolute Gasteiger partial charge is 0.611 e. The fraction of sp³-hybridized carbons (Fsp3) is 0.417. The fourth-order valence-electron chi connectivity index (χ4n) is 4.77. The van der Waals surface area contributed by atoms with Gasteiger partial charge < -0.3 is 19.5 Å². The predicted molar refractivity (Wildman–Crippen MR) is 127 cm³/mol. The molecule has 0 aliphatic carbocycles. The van der Waals surface area contributed by atoms with Crippen molar-refractivity contribution in [2.75, 3.05) is 35.7 Å². The van der Waals surface area contributed by atoms with Crippen LogP contribution in [0.25, 0.3) is 11.4 Å². The van der Waals surface area contributed by atoms with E-state index in [0.717, 1.165) is 85.7 Å². The number of fused-ring (bicyclic) bond motifs is 2. The molecule has 9 heteroatoms. The number of anilines is 2. The van der Waals surface area contributed by atoms with Gasteiger partial charge in [-0.2, -0.15) is 4.98 Å². The van der Waals surface area contributed by atoms with Crippen LogP contribution in [0.3, 0.4) is 0 Å². The quantitative estimate of drug-likeness (QED) is 0.591. The first-order valence-electron chi connectivity index (χ1n) is 11.5. The lowest BCUT2D eigenvalue weighted by atomic mass is 9.97. The highest BCUT2D eigenvalue weighted by Gasteiger charge is 2.34. The highest BCUT2D eigenvalue weighted by Crippen LogP contribution is 2.34. The second kappa shape index (κ2) is 8.89. The van der Waals surface area contributed by atoms with Crippen molar-refractivity contribution in [1.82, 2.24) is 19.9 Å². The first-order chi connectivity index (χ1) is 16.2. The molecule has 0 radical (unpaired) electrons. The highest BCUT2D eigenvalue weighted by atomic mass is 32.2. The van der Waals surface area contributed by atoms with Crippen LogP contribution in [0.5, 0.6) is 0 Å². The third kappa shape index (κ3) is 4.16. The van der Waals surface area contributed by atoms with Crippen LogP contribution in [0.4, 0.5) is 11.8 Å². The normalized spacial score (nSPS) is 20.4. The lowest BCUT2D eigenvalue weighted by Gasteiger charge is -2.30. The monoisotopic (exact) mass is 462 g/mol. The molecule has 8 nitrogen and oxygen atoms in total. The molecule has 1 N–H and O–H groups in total. The Hall–Kier alpha value is -2.75. The van der Waals surface area contributed by atoms with Gasteiger partial charge in [-0.3, -0.25) is 0 Å². The van der Waals surface area contributed by atoms with Crippen LogP contribution in [0.1, 0.15) is 29.7 Å². The Kier molecular flexibility index (Phi) is 5.61. The molecule has 1 fully saturated rings. The maximum atomic E-state index is 12.7.